The summed E-state index contributed by atoms with van der Waals surface area (Å²) < 4.78 is 5.07. The highest BCUT2D eigenvalue weighted by Gasteiger charge is 2.23. The van der Waals surface area contributed by atoms with Gasteiger partial charge in [-0.25, -0.2) is 4.79 Å². The minimum Gasteiger partial charge on any atom is -0.478 e. The van der Waals surface area contributed by atoms with Crippen LogP contribution in [-0.2, 0) is 4.79 Å². The Morgan fingerprint density at radius 2 is 1.89 bits per heavy atom. The van der Waals surface area contributed by atoms with Crippen LogP contribution in [0.1, 0.15) is 30.6 Å². The molecule has 1 N–H and O–H groups in total. The van der Waals surface area contributed by atoms with Crippen LogP contribution in [0.5, 0.6) is 5.75 Å². The fourth-order valence-corrected chi connectivity index (χ4v) is 1.50. The molecule has 0 amide bonds. The Hall–Kier alpha value is -1.55. The molecule has 1 rings (SSSR count). The number of benzene rings is 1. The van der Waals surface area contributed by atoms with E-state index in [1.807, 2.05) is 13.8 Å². The van der Waals surface area contributed by atoms with Gasteiger partial charge in [-0.1, -0.05) is 20.3 Å². The second-order valence-electron chi connectivity index (χ2n) is 4.04. The number of halogens is 1. The first-order valence-electron chi connectivity index (χ1n) is 5.64. The Bertz CT molecular complexity index is 427. The third-order valence-electron chi connectivity index (χ3n) is 2.69. The zero-order valence-electron chi connectivity index (χ0n) is 10.2. The summed E-state index contributed by atoms with van der Waals surface area (Å²) in [7, 11) is 0. The average Bonchev–Trinajstić information content (AvgIpc) is 2.37. The molecule has 0 aromatic heterocycles. The number of carboxylic acid groups (broad SMARTS) is 1. The lowest BCUT2D eigenvalue weighted by Crippen LogP contribution is -2.26. The predicted octanol–water partition coefficient (Wildman–Crippen LogP) is 2.94. The lowest BCUT2D eigenvalue weighted by atomic mass is 10.1. The Balaban J connectivity index is 2.67. The van der Waals surface area contributed by atoms with Crippen LogP contribution in [0.3, 0.4) is 0 Å². The first-order chi connectivity index (χ1) is 8.45. The largest absolute Gasteiger partial charge is 0.478 e. The van der Waals surface area contributed by atoms with E-state index < -0.39 is 17.3 Å². The van der Waals surface area contributed by atoms with E-state index in [1.54, 1.807) is 0 Å². The molecule has 0 heterocycles. The van der Waals surface area contributed by atoms with Gasteiger partial charge in [-0.15, -0.1) is 11.6 Å². The number of esters is 1. The fourth-order valence-electron chi connectivity index (χ4n) is 1.28. The number of carboxylic acids is 1. The minimum absolute atomic E-state index is 0.0254. The molecule has 0 bridgehead atoms. The SMILES string of the molecule is CCC(C)C(Cl)C(=O)Oc1ccc(C(=O)O)cc1. The normalized spacial score (nSPS) is 13.7. The van der Waals surface area contributed by atoms with Crippen LogP contribution in [-0.4, -0.2) is 22.4 Å². The summed E-state index contributed by atoms with van der Waals surface area (Å²) >= 11 is 5.94. The van der Waals surface area contributed by atoms with Crippen molar-refractivity contribution in [1.82, 2.24) is 0 Å². The van der Waals surface area contributed by atoms with Crippen LogP contribution in [0.2, 0.25) is 0 Å². The van der Waals surface area contributed by atoms with Crippen molar-refractivity contribution in [1.29, 1.82) is 0 Å². The highest BCUT2D eigenvalue weighted by molar-refractivity contribution is 6.30. The van der Waals surface area contributed by atoms with Crippen LogP contribution in [0.25, 0.3) is 0 Å². The van der Waals surface area contributed by atoms with Crippen LogP contribution >= 0.6 is 11.6 Å². The van der Waals surface area contributed by atoms with Gasteiger partial charge in [0.05, 0.1) is 5.56 Å². The summed E-state index contributed by atoms with van der Waals surface area (Å²) in [6.45, 7) is 3.81. The highest BCUT2D eigenvalue weighted by Crippen LogP contribution is 2.18. The molecule has 0 saturated heterocycles. The molecule has 1 aromatic rings. The average molecular weight is 271 g/mol. The number of hydrogen-bond acceptors (Lipinski definition) is 3. The molecule has 2 unspecified atom stereocenters. The van der Waals surface area contributed by atoms with Crippen LogP contribution in [0, 0.1) is 5.92 Å². The molecule has 0 aliphatic rings. The predicted molar refractivity (Wildman–Crippen MR) is 68.1 cm³/mol. The van der Waals surface area contributed by atoms with Crippen molar-refractivity contribution in [3.05, 3.63) is 29.8 Å². The first kappa shape index (κ1) is 14.5. The topological polar surface area (TPSA) is 63.6 Å². The number of carbonyl (C=O) groups is 2. The van der Waals surface area contributed by atoms with Crippen molar-refractivity contribution in [3.8, 4) is 5.75 Å². The van der Waals surface area contributed by atoms with Gasteiger partial charge in [-0.3, -0.25) is 4.79 Å². The van der Waals surface area contributed by atoms with Gasteiger partial charge in [-0.05, 0) is 30.2 Å². The Morgan fingerprint density at radius 3 is 2.33 bits per heavy atom. The van der Waals surface area contributed by atoms with Gasteiger partial charge in [0, 0.05) is 0 Å². The highest BCUT2D eigenvalue weighted by atomic mass is 35.5. The molecule has 0 radical (unpaired) electrons. The van der Waals surface area contributed by atoms with Crippen LogP contribution in [0.15, 0.2) is 24.3 Å². The maximum Gasteiger partial charge on any atom is 0.335 e. The van der Waals surface area contributed by atoms with Crippen molar-refractivity contribution in [2.45, 2.75) is 25.6 Å². The summed E-state index contributed by atoms with van der Waals surface area (Å²) in [6.07, 6.45) is 0.779. The van der Waals surface area contributed by atoms with Gasteiger partial charge in [-0.2, -0.15) is 0 Å². The number of ether oxygens (including phenoxy) is 1. The molecular formula is C13H15ClO4. The lowest BCUT2D eigenvalue weighted by molar-refractivity contribution is -0.134. The molecule has 0 spiro atoms. The van der Waals surface area contributed by atoms with Crippen molar-refractivity contribution in [2.75, 3.05) is 0 Å². The summed E-state index contributed by atoms with van der Waals surface area (Å²) in [5.74, 6) is -1.23. The van der Waals surface area contributed by atoms with Gasteiger partial charge in [0.2, 0.25) is 0 Å². The van der Waals surface area contributed by atoms with E-state index in [0.717, 1.165) is 6.42 Å². The number of carbonyl (C=O) groups excluding carboxylic acids is 1. The Morgan fingerprint density at radius 1 is 1.33 bits per heavy atom. The first-order valence-corrected chi connectivity index (χ1v) is 6.08. The third kappa shape index (κ3) is 3.74. The van der Waals surface area contributed by atoms with E-state index in [0.29, 0.717) is 5.75 Å². The van der Waals surface area contributed by atoms with Gasteiger partial charge < -0.3 is 9.84 Å². The quantitative estimate of drug-likeness (QED) is 0.508. The summed E-state index contributed by atoms with van der Waals surface area (Å²) in [4.78, 5) is 22.3. The van der Waals surface area contributed by atoms with Gasteiger partial charge in [0.15, 0.2) is 0 Å². The summed E-state index contributed by atoms with van der Waals surface area (Å²) in [6, 6.07) is 5.61. The molecule has 0 aliphatic carbocycles. The van der Waals surface area contributed by atoms with Crippen molar-refractivity contribution in [3.63, 3.8) is 0 Å². The zero-order chi connectivity index (χ0) is 13.7. The van der Waals surface area contributed by atoms with E-state index in [2.05, 4.69) is 0 Å². The van der Waals surface area contributed by atoms with E-state index >= 15 is 0 Å². The molecule has 2 atom stereocenters. The van der Waals surface area contributed by atoms with Gasteiger partial charge >= 0.3 is 11.9 Å². The molecule has 18 heavy (non-hydrogen) atoms. The second kappa shape index (κ2) is 6.40. The standard InChI is InChI=1S/C13H15ClO4/c1-3-8(2)11(14)13(17)18-10-6-4-9(5-7-10)12(15)16/h4-8,11H,3H2,1-2H3,(H,15,16). The van der Waals surface area contributed by atoms with Crippen LogP contribution in [0.4, 0.5) is 0 Å². The minimum atomic E-state index is -1.03. The van der Waals surface area contributed by atoms with Crippen molar-refractivity contribution in [2.24, 2.45) is 5.92 Å². The Kier molecular flexibility index (Phi) is 5.16. The third-order valence-corrected chi connectivity index (χ3v) is 3.30. The number of aromatic carboxylic acids is 1. The number of rotatable bonds is 5. The summed E-state index contributed by atoms with van der Waals surface area (Å²) in [5.41, 5.74) is 0.138. The maximum atomic E-state index is 11.7. The zero-order valence-corrected chi connectivity index (χ0v) is 11.0. The second-order valence-corrected chi connectivity index (χ2v) is 4.51. The van der Waals surface area contributed by atoms with E-state index in [-0.39, 0.29) is 11.5 Å². The van der Waals surface area contributed by atoms with E-state index in [1.165, 1.54) is 24.3 Å². The molecule has 4 nitrogen and oxygen atoms in total. The van der Waals surface area contributed by atoms with Crippen LogP contribution < -0.4 is 4.74 Å². The Labute approximate surface area is 111 Å². The van der Waals surface area contributed by atoms with Crippen molar-refractivity contribution >= 4 is 23.5 Å². The van der Waals surface area contributed by atoms with Gasteiger partial charge in [0.25, 0.3) is 0 Å². The molecular weight excluding hydrogens is 256 g/mol. The molecule has 0 fully saturated rings. The number of hydrogen-bond donors (Lipinski definition) is 1. The smallest absolute Gasteiger partial charge is 0.335 e. The molecule has 98 valence electrons. The van der Waals surface area contributed by atoms with Crippen molar-refractivity contribution < 1.29 is 19.4 Å². The number of alkyl halides is 1. The maximum absolute atomic E-state index is 11.7. The summed E-state index contributed by atoms with van der Waals surface area (Å²) in [5, 5.41) is 8.02. The lowest BCUT2D eigenvalue weighted by Gasteiger charge is -2.14. The molecule has 0 aliphatic heterocycles. The molecule has 5 heteroatoms. The van der Waals surface area contributed by atoms with Gasteiger partial charge in [0.1, 0.15) is 11.1 Å². The molecule has 0 saturated carbocycles. The van der Waals surface area contributed by atoms with E-state index in [4.69, 9.17) is 21.4 Å². The van der Waals surface area contributed by atoms with E-state index in [9.17, 15) is 9.59 Å². The fraction of sp³-hybridized carbons (Fsp3) is 0.385. The monoisotopic (exact) mass is 270 g/mol. The molecule has 1 aromatic carbocycles.